The molecule has 1 aliphatic rings. The van der Waals surface area contributed by atoms with Gasteiger partial charge in [-0.05, 0) is 17.7 Å². The molecule has 0 radical (unpaired) electrons. The Bertz CT molecular complexity index is 803. The largest absolute Gasteiger partial charge is 0.371 e. The van der Waals surface area contributed by atoms with Gasteiger partial charge in [-0.3, -0.25) is 4.79 Å². The van der Waals surface area contributed by atoms with Gasteiger partial charge in [0.05, 0.1) is 16.9 Å². The summed E-state index contributed by atoms with van der Waals surface area (Å²) in [4.78, 5) is 20.7. The molecule has 0 bridgehead atoms. The van der Waals surface area contributed by atoms with Crippen LogP contribution in [0.5, 0.6) is 0 Å². The van der Waals surface area contributed by atoms with E-state index in [4.69, 9.17) is 11.6 Å². The average molecular weight is 315 g/mol. The van der Waals surface area contributed by atoms with Crippen molar-refractivity contribution in [2.24, 2.45) is 0 Å². The van der Waals surface area contributed by atoms with E-state index in [1.165, 1.54) is 6.07 Å². The SMILES string of the molecule is CC1CN(c2cnc3[nH]c(=O)cc(Cl)c3c2)CC(C)B1C#N. The molecule has 0 aliphatic carbocycles. The zero-order chi connectivity index (χ0) is 15.9. The van der Waals surface area contributed by atoms with Crippen molar-refractivity contribution in [3.8, 4) is 5.97 Å². The number of hydrogen-bond donors (Lipinski definition) is 1. The molecular weight excluding hydrogens is 298 g/mol. The smallest absolute Gasteiger partial charge is 0.277 e. The maximum Gasteiger partial charge on any atom is 0.277 e. The predicted octanol–water partition coefficient (Wildman–Crippen LogP) is 2.73. The van der Waals surface area contributed by atoms with Crippen LogP contribution in [0.1, 0.15) is 13.8 Å². The number of aromatic nitrogens is 2. The molecule has 0 spiro atoms. The highest BCUT2D eigenvalue weighted by Gasteiger charge is 2.35. The minimum atomic E-state index is -0.255. The number of H-pyrrole nitrogens is 1. The summed E-state index contributed by atoms with van der Waals surface area (Å²) in [6.07, 6.45) is 1.75. The first-order valence-corrected chi connectivity index (χ1v) is 7.70. The highest BCUT2D eigenvalue weighted by Crippen LogP contribution is 2.33. The molecule has 22 heavy (non-hydrogen) atoms. The topological polar surface area (TPSA) is 72.8 Å². The molecular formula is C15H16BClN4O. The number of anilines is 1. The van der Waals surface area contributed by atoms with Crippen LogP contribution < -0.4 is 10.5 Å². The van der Waals surface area contributed by atoms with Crippen molar-refractivity contribution in [3.05, 3.63) is 33.7 Å². The van der Waals surface area contributed by atoms with Crippen molar-refractivity contribution >= 4 is 35.0 Å². The Labute approximate surface area is 134 Å². The molecule has 2 atom stereocenters. The summed E-state index contributed by atoms with van der Waals surface area (Å²) < 4.78 is 0. The number of fused-ring (bicyclic) bond motifs is 1. The molecule has 0 amide bonds. The Kier molecular flexibility index (Phi) is 3.84. The van der Waals surface area contributed by atoms with E-state index in [0.717, 1.165) is 24.2 Å². The number of nitrogens with zero attached hydrogens (tertiary/aromatic N) is 3. The van der Waals surface area contributed by atoms with Crippen molar-refractivity contribution < 1.29 is 0 Å². The summed E-state index contributed by atoms with van der Waals surface area (Å²) in [5, 5.41) is 10.4. The van der Waals surface area contributed by atoms with Gasteiger partial charge in [0.25, 0.3) is 12.3 Å². The molecule has 1 aliphatic heterocycles. The van der Waals surface area contributed by atoms with Gasteiger partial charge in [0, 0.05) is 30.5 Å². The van der Waals surface area contributed by atoms with Crippen LogP contribution in [0, 0.1) is 11.2 Å². The summed E-state index contributed by atoms with van der Waals surface area (Å²) in [6, 6.07) is 3.31. The molecule has 3 heterocycles. The molecule has 1 fully saturated rings. The van der Waals surface area contributed by atoms with Gasteiger partial charge in [-0.15, -0.1) is 0 Å². The third kappa shape index (κ3) is 2.57. The molecule has 5 nitrogen and oxygen atoms in total. The van der Waals surface area contributed by atoms with Crippen molar-refractivity contribution in [1.82, 2.24) is 9.97 Å². The summed E-state index contributed by atoms with van der Waals surface area (Å²) in [5.74, 6) is 3.02. The van der Waals surface area contributed by atoms with E-state index in [9.17, 15) is 10.1 Å². The maximum atomic E-state index is 11.4. The van der Waals surface area contributed by atoms with Gasteiger partial charge in [-0.2, -0.15) is 0 Å². The first kappa shape index (κ1) is 14.9. The Hall–Kier alpha value is -2.00. The third-order valence-corrected chi connectivity index (χ3v) is 4.70. The number of aromatic amines is 1. The summed E-state index contributed by atoms with van der Waals surface area (Å²) in [6.45, 7) is 5.93. The van der Waals surface area contributed by atoms with Crippen molar-refractivity contribution in [2.75, 3.05) is 18.0 Å². The van der Waals surface area contributed by atoms with E-state index in [0.29, 0.717) is 22.3 Å². The van der Waals surface area contributed by atoms with Gasteiger partial charge < -0.3 is 9.88 Å². The molecule has 2 aromatic heterocycles. The third-order valence-electron chi connectivity index (χ3n) is 4.39. The van der Waals surface area contributed by atoms with Gasteiger partial charge in [0.2, 0.25) is 0 Å². The number of halogens is 1. The first-order valence-electron chi connectivity index (χ1n) is 7.32. The minimum Gasteiger partial charge on any atom is -0.371 e. The fourth-order valence-corrected chi connectivity index (χ4v) is 3.52. The van der Waals surface area contributed by atoms with Gasteiger partial charge in [0.1, 0.15) is 5.65 Å². The standard InChI is InChI=1S/C15H16BClN4O/c1-9-6-21(7-10(2)16(9)8-18)11-3-12-13(17)4-14(22)20-15(12)19-5-11/h3-5,9-10H,6-7H2,1-2H3,(H,19,20,22). The molecule has 3 rings (SSSR count). The van der Waals surface area contributed by atoms with Crippen LogP contribution in [-0.4, -0.2) is 29.8 Å². The molecule has 2 aromatic rings. The summed E-state index contributed by atoms with van der Waals surface area (Å²) >= 11 is 6.15. The number of rotatable bonds is 1. The second kappa shape index (κ2) is 5.66. The number of hydrogen-bond acceptors (Lipinski definition) is 4. The fraction of sp³-hybridized carbons (Fsp3) is 0.400. The lowest BCUT2D eigenvalue weighted by molar-refractivity contribution is 0.678. The molecule has 1 N–H and O–H groups in total. The number of nitrogens with one attached hydrogen (secondary N) is 1. The minimum absolute atomic E-state index is 0.0876. The van der Waals surface area contributed by atoms with E-state index in [2.05, 4.69) is 34.7 Å². The van der Waals surface area contributed by atoms with Gasteiger partial charge in [-0.1, -0.05) is 25.4 Å². The quantitative estimate of drug-likeness (QED) is 0.821. The van der Waals surface area contributed by atoms with E-state index < -0.39 is 0 Å². The first-order chi connectivity index (χ1) is 10.5. The Morgan fingerprint density at radius 2 is 2.09 bits per heavy atom. The Morgan fingerprint density at radius 1 is 1.41 bits per heavy atom. The zero-order valence-electron chi connectivity index (χ0n) is 12.5. The normalized spacial score (nSPS) is 21.9. The van der Waals surface area contributed by atoms with Crippen LogP contribution in [0.3, 0.4) is 0 Å². The lowest BCUT2D eigenvalue weighted by Crippen LogP contribution is -2.44. The Balaban J connectivity index is 1.98. The van der Waals surface area contributed by atoms with Crippen molar-refractivity contribution in [3.63, 3.8) is 0 Å². The maximum absolute atomic E-state index is 11.4. The van der Waals surface area contributed by atoms with Crippen LogP contribution in [0.4, 0.5) is 5.69 Å². The van der Waals surface area contributed by atoms with Crippen LogP contribution >= 0.6 is 11.6 Å². The number of pyridine rings is 2. The molecule has 2 unspecified atom stereocenters. The molecule has 112 valence electrons. The van der Waals surface area contributed by atoms with Crippen LogP contribution in [0.25, 0.3) is 11.0 Å². The van der Waals surface area contributed by atoms with Crippen LogP contribution in [0.2, 0.25) is 16.7 Å². The van der Waals surface area contributed by atoms with Gasteiger partial charge >= 0.3 is 0 Å². The summed E-state index contributed by atoms with van der Waals surface area (Å²) in [5.41, 5.74) is 1.21. The van der Waals surface area contributed by atoms with E-state index in [1.54, 1.807) is 6.20 Å². The fourth-order valence-electron chi connectivity index (χ4n) is 3.28. The molecule has 1 saturated heterocycles. The van der Waals surface area contributed by atoms with E-state index in [1.807, 2.05) is 6.07 Å². The van der Waals surface area contributed by atoms with E-state index >= 15 is 0 Å². The van der Waals surface area contributed by atoms with Crippen LogP contribution in [0.15, 0.2) is 23.1 Å². The highest BCUT2D eigenvalue weighted by molar-refractivity contribution is 6.70. The Morgan fingerprint density at radius 3 is 2.73 bits per heavy atom. The number of nitriles is 1. The predicted molar refractivity (Wildman–Crippen MR) is 89.8 cm³/mol. The van der Waals surface area contributed by atoms with Crippen molar-refractivity contribution in [1.29, 1.82) is 5.26 Å². The summed E-state index contributed by atoms with van der Waals surface area (Å²) in [7, 11) is 0. The lowest BCUT2D eigenvalue weighted by Gasteiger charge is -2.38. The molecule has 0 aromatic carbocycles. The van der Waals surface area contributed by atoms with Gasteiger partial charge in [0.15, 0.2) is 0 Å². The molecule has 7 heteroatoms. The second-order valence-electron chi connectivity index (χ2n) is 6.09. The second-order valence-corrected chi connectivity index (χ2v) is 6.49. The van der Waals surface area contributed by atoms with Crippen LogP contribution in [-0.2, 0) is 0 Å². The average Bonchev–Trinajstić information content (AvgIpc) is 2.46. The highest BCUT2D eigenvalue weighted by atomic mass is 35.5. The molecule has 0 saturated carbocycles. The zero-order valence-corrected chi connectivity index (χ0v) is 13.3. The lowest BCUT2D eigenvalue weighted by atomic mass is 9.34. The van der Waals surface area contributed by atoms with Crippen molar-refractivity contribution in [2.45, 2.75) is 25.5 Å². The monoisotopic (exact) mass is 314 g/mol. The van der Waals surface area contributed by atoms with E-state index in [-0.39, 0.29) is 12.3 Å². The van der Waals surface area contributed by atoms with Gasteiger partial charge in [-0.25, -0.2) is 10.2 Å².